The minimum absolute atomic E-state index is 0.134. The monoisotopic (exact) mass is 283 g/mol. The molecule has 0 saturated carbocycles. The van der Waals surface area contributed by atoms with Crippen LogP contribution in [0.25, 0.3) is 0 Å². The molecule has 0 unspecified atom stereocenters. The molecule has 1 aliphatic rings. The van der Waals surface area contributed by atoms with E-state index < -0.39 is 10.0 Å². The summed E-state index contributed by atoms with van der Waals surface area (Å²) in [6.45, 7) is 5.61. The van der Waals surface area contributed by atoms with Gasteiger partial charge in [0.25, 0.3) is 0 Å². The zero-order valence-electron chi connectivity index (χ0n) is 11.5. The topological polar surface area (TPSA) is 76.3 Å². The summed E-state index contributed by atoms with van der Waals surface area (Å²) in [6, 6.07) is 3.23. The highest BCUT2D eigenvalue weighted by Gasteiger charge is 2.33. The molecule has 6 heteroatoms. The van der Waals surface area contributed by atoms with Gasteiger partial charge < -0.3 is 5.73 Å². The Kier molecular flexibility index (Phi) is 3.94. The molecule has 106 valence electrons. The molecule has 2 heterocycles. The van der Waals surface area contributed by atoms with Crippen LogP contribution >= 0.6 is 0 Å². The number of nitrogens with zero attached hydrogens (tertiary/aromatic N) is 2. The van der Waals surface area contributed by atoms with Gasteiger partial charge in [-0.1, -0.05) is 13.8 Å². The lowest BCUT2D eigenvalue weighted by Gasteiger charge is -2.36. The molecule has 0 spiro atoms. The molecule has 5 nitrogen and oxygen atoms in total. The van der Waals surface area contributed by atoms with Crippen LogP contribution in [0, 0.1) is 5.41 Å². The molecule has 0 bridgehead atoms. The zero-order chi connectivity index (χ0) is 14.1. The summed E-state index contributed by atoms with van der Waals surface area (Å²) in [5, 5.41) is 0. The summed E-state index contributed by atoms with van der Waals surface area (Å²) in [5.41, 5.74) is 6.23. The average Bonchev–Trinajstić information content (AvgIpc) is 2.38. The molecule has 1 aromatic heterocycles. The van der Waals surface area contributed by atoms with Crippen molar-refractivity contribution in [2.24, 2.45) is 11.1 Å². The van der Waals surface area contributed by atoms with Crippen LogP contribution in [0.2, 0.25) is 0 Å². The van der Waals surface area contributed by atoms with E-state index in [9.17, 15) is 8.42 Å². The summed E-state index contributed by atoms with van der Waals surface area (Å²) in [5.74, 6) is 0. The Morgan fingerprint density at radius 1 is 1.37 bits per heavy atom. The molecule has 0 atom stereocenters. The lowest BCUT2D eigenvalue weighted by atomic mass is 9.83. The Labute approximate surface area is 114 Å². The third-order valence-corrected chi connectivity index (χ3v) is 5.71. The van der Waals surface area contributed by atoms with E-state index in [1.165, 1.54) is 0 Å². The van der Waals surface area contributed by atoms with Crippen molar-refractivity contribution in [1.82, 2.24) is 9.29 Å². The van der Waals surface area contributed by atoms with Gasteiger partial charge in [0.05, 0.1) is 5.69 Å². The highest BCUT2D eigenvalue weighted by Crippen LogP contribution is 2.32. The number of aromatic nitrogens is 1. The normalized spacial score (nSPS) is 20.4. The minimum atomic E-state index is -3.46. The largest absolute Gasteiger partial charge is 0.325 e. The Morgan fingerprint density at radius 2 is 2.00 bits per heavy atom. The van der Waals surface area contributed by atoms with Crippen molar-refractivity contribution in [2.45, 2.75) is 38.1 Å². The van der Waals surface area contributed by atoms with Crippen molar-refractivity contribution < 1.29 is 8.42 Å². The SMILES string of the molecule is CC1(C)CCN(S(=O)(=O)c2cccnc2CN)CC1. The molecule has 1 aliphatic heterocycles. The Balaban J connectivity index is 2.28. The quantitative estimate of drug-likeness (QED) is 0.908. The Hall–Kier alpha value is -0.980. The summed E-state index contributed by atoms with van der Waals surface area (Å²) in [6.07, 6.45) is 3.33. The van der Waals surface area contributed by atoms with E-state index in [2.05, 4.69) is 18.8 Å². The van der Waals surface area contributed by atoms with Crippen molar-refractivity contribution in [3.63, 3.8) is 0 Å². The third kappa shape index (κ3) is 2.96. The number of piperidine rings is 1. The molecule has 0 radical (unpaired) electrons. The molecule has 1 aromatic rings. The van der Waals surface area contributed by atoms with Gasteiger partial charge in [-0.2, -0.15) is 4.31 Å². The molecule has 0 aliphatic carbocycles. The van der Waals surface area contributed by atoms with Crippen LogP contribution < -0.4 is 5.73 Å². The Morgan fingerprint density at radius 3 is 2.58 bits per heavy atom. The predicted molar refractivity (Wildman–Crippen MR) is 73.9 cm³/mol. The van der Waals surface area contributed by atoms with Crippen LogP contribution in [-0.2, 0) is 16.6 Å². The van der Waals surface area contributed by atoms with Crippen molar-refractivity contribution >= 4 is 10.0 Å². The van der Waals surface area contributed by atoms with E-state index in [1.54, 1.807) is 22.6 Å². The summed E-state index contributed by atoms with van der Waals surface area (Å²) in [7, 11) is -3.46. The zero-order valence-corrected chi connectivity index (χ0v) is 12.3. The lowest BCUT2D eigenvalue weighted by molar-refractivity contribution is 0.195. The van der Waals surface area contributed by atoms with Crippen LogP contribution in [-0.4, -0.2) is 30.8 Å². The first-order valence-electron chi connectivity index (χ1n) is 6.51. The molecule has 1 fully saturated rings. The summed E-state index contributed by atoms with van der Waals surface area (Å²) in [4.78, 5) is 4.30. The van der Waals surface area contributed by atoms with Gasteiger partial charge in [-0.25, -0.2) is 8.42 Å². The first-order valence-corrected chi connectivity index (χ1v) is 7.95. The molecule has 0 amide bonds. The number of nitrogens with two attached hydrogens (primary N) is 1. The molecule has 19 heavy (non-hydrogen) atoms. The van der Waals surface area contributed by atoms with E-state index in [0.29, 0.717) is 18.8 Å². The van der Waals surface area contributed by atoms with E-state index in [1.807, 2.05) is 0 Å². The van der Waals surface area contributed by atoms with Crippen LogP contribution in [0.1, 0.15) is 32.4 Å². The highest BCUT2D eigenvalue weighted by atomic mass is 32.2. The van der Waals surface area contributed by atoms with Gasteiger partial charge in [-0.15, -0.1) is 0 Å². The number of hydrogen-bond acceptors (Lipinski definition) is 4. The number of rotatable bonds is 3. The van der Waals surface area contributed by atoms with Crippen LogP contribution in [0.4, 0.5) is 0 Å². The van der Waals surface area contributed by atoms with Gasteiger partial charge >= 0.3 is 0 Å². The van der Waals surface area contributed by atoms with E-state index in [0.717, 1.165) is 12.8 Å². The fourth-order valence-corrected chi connectivity index (χ4v) is 3.91. The summed E-state index contributed by atoms with van der Waals surface area (Å²) < 4.78 is 26.8. The summed E-state index contributed by atoms with van der Waals surface area (Å²) >= 11 is 0. The molecule has 2 rings (SSSR count). The third-order valence-electron chi connectivity index (χ3n) is 3.74. The van der Waals surface area contributed by atoms with E-state index >= 15 is 0 Å². The second-order valence-corrected chi connectivity index (χ2v) is 7.63. The van der Waals surface area contributed by atoms with Crippen molar-refractivity contribution in [2.75, 3.05) is 13.1 Å². The fourth-order valence-electron chi connectivity index (χ4n) is 2.28. The predicted octanol–water partition coefficient (Wildman–Crippen LogP) is 1.35. The number of hydrogen-bond donors (Lipinski definition) is 1. The molecular weight excluding hydrogens is 262 g/mol. The Bertz CT molecular complexity index is 545. The van der Waals surface area contributed by atoms with E-state index in [4.69, 9.17) is 5.73 Å². The molecule has 0 aromatic carbocycles. The van der Waals surface area contributed by atoms with E-state index in [-0.39, 0.29) is 16.9 Å². The van der Waals surface area contributed by atoms with Crippen molar-refractivity contribution in [1.29, 1.82) is 0 Å². The van der Waals surface area contributed by atoms with Crippen LogP contribution in [0.5, 0.6) is 0 Å². The maximum absolute atomic E-state index is 12.6. The first kappa shape index (κ1) is 14.4. The van der Waals surface area contributed by atoms with Crippen LogP contribution in [0.15, 0.2) is 23.2 Å². The van der Waals surface area contributed by atoms with Gasteiger partial charge in [0, 0.05) is 25.8 Å². The van der Waals surface area contributed by atoms with Gasteiger partial charge in [0.1, 0.15) is 4.90 Å². The highest BCUT2D eigenvalue weighted by molar-refractivity contribution is 7.89. The van der Waals surface area contributed by atoms with Crippen molar-refractivity contribution in [3.8, 4) is 0 Å². The average molecular weight is 283 g/mol. The lowest BCUT2D eigenvalue weighted by Crippen LogP contribution is -2.41. The maximum Gasteiger partial charge on any atom is 0.244 e. The van der Waals surface area contributed by atoms with Gasteiger partial charge in [-0.05, 0) is 30.4 Å². The van der Waals surface area contributed by atoms with Crippen molar-refractivity contribution in [3.05, 3.63) is 24.0 Å². The van der Waals surface area contributed by atoms with Gasteiger partial charge in [0.2, 0.25) is 10.0 Å². The van der Waals surface area contributed by atoms with Gasteiger partial charge in [-0.3, -0.25) is 4.98 Å². The molecular formula is C13H21N3O2S. The molecule has 2 N–H and O–H groups in total. The second-order valence-electron chi connectivity index (χ2n) is 5.72. The number of pyridine rings is 1. The minimum Gasteiger partial charge on any atom is -0.325 e. The van der Waals surface area contributed by atoms with Gasteiger partial charge in [0.15, 0.2) is 0 Å². The fraction of sp³-hybridized carbons (Fsp3) is 0.615. The second kappa shape index (κ2) is 5.19. The standard InChI is InChI=1S/C13H21N3O2S/c1-13(2)5-8-16(9-6-13)19(17,18)12-4-3-7-15-11(12)10-14/h3-4,7H,5-6,8-10,14H2,1-2H3. The first-order chi connectivity index (χ1) is 8.87. The van der Waals surface area contributed by atoms with Crippen LogP contribution in [0.3, 0.4) is 0 Å². The number of sulfonamides is 1. The maximum atomic E-state index is 12.6. The smallest absolute Gasteiger partial charge is 0.244 e. The molecule has 1 saturated heterocycles.